The average molecular weight is 308 g/mol. The van der Waals surface area contributed by atoms with Crippen LogP contribution in [0.4, 0.5) is 3.89 Å². The molecule has 1 aromatic heterocycles. The monoisotopic (exact) mass is 307 g/mol. The fraction of sp³-hybridized carbons (Fsp3) is 0.111. The zero-order valence-electron chi connectivity index (χ0n) is 8.12. The molecule has 1 heterocycles. The maximum atomic E-state index is 12.4. The molecule has 0 saturated heterocycles. The van der Waals surface area contributed by atoms with E-state index >= 15 is 0 Å². The molecule has 0 atom stereocenters. The quantitative estimate of drug-likeness (QED) is 0.868. The van der Waals surface area contributed by atoms with Gasteiger partial charge in [-0.15, -0.1) is 0 Å². The molecule has 86 valence electrons. The number of aromatic amines is 1. The molecule has 4 nitrogen and oxygen atoms in total. The third-order valence-electron chi connectivity index (χ3n) is 2.00. The summed E-state index contributed by atoms with van der Waals surface area (Å²) in [6.45, 7) is 1.86. The smallest absolute Gasteiger partial charge is 0.359 e. The van der Waals surface area contributed by atoms with E-state index in [4.69, 9.17) is 0 Å². The Balaban J connectivity index is 2.58. The molecule has 16 heavy (non-hydrogen) atoms. The number of benzene rings is 1. The van der Waals surface area contributed by atoms with Crippen LogP contribution in [0.25, 0.3) is 10.9 Å². The molecule has 0 aliphatic heterocycles. The number of hydrogen-bond acceptors (Lipinski definition) is 3. The molecule has 0 spiro atoms. The normalized spacial score (nSPS) is 11.9. The fourth-order valence-corrected chi connectivity index (χ4v) is 2.33. The predicted molar refractivity (Wildman–Crippen MR) is 61.4 cm³/mol. The molecule has 0 saturated carbocycles. The Morgan fingerprint density at radius 2 is 2.06 bits per heavy atom. The van der Waals surface area contributed by atoms with Gasteiger partial charge in [0, 0.05) is 16.6 Å². The minimum Gasteiger partial charge on any atom is -0.359 e. The highest BCUT2D eigenvalue weighted by molar-refractivity contribution is 9.10. The molecule has 0 amide bonds. The van der Waals surface area contributed by atoms with Crippen molar-refractivity contribution in [1.29, 1.82) is 0 Å². The van der Waals surface area contributed by atoms with Crippen molar-refractivity contribution in [3.05, 3.63) is 28.4 Å². The summed E-state index contributed by atoms with van der Waals surface area (Å²) in [5.41, 5.74) is 1.73. The van der Waals surface area contributed by atoms with Crippen LogP contribution >= 0.6 is 15.9 Å². The van der Waals surface area contributed by atoms with E-state index in [1.165, 1.54) is 6.07 Å². The first-order valence-corrected chi connectivity index (χ1v) is 6.38. The van der Waals surface area contributed by atoms with Crippen LogP contribution in [-0.2, 0) is 10.5 Å². The van der Waals surface area contributed by atoms with E-state index < -0.39 is 10.5 Å². The Hall–Kier alpha value is -1.08. The highest BCUT2D eigenvalue weighted by atomic mass is 79.9. The van der Waals surface area contributed by atoms with E-state index in [0.717, 1.165) is 16.6 Å². The fourth-order valence-electron chi connectivity index (χ4n) is 1.45. The number of H-pyrrole nitrogens is 1. The second-order valence-electron chi connectivity index (χ2n) is 3.30. The van der Waals surface area contributed by atoms with Crippen LogP contribution in [0.3, 0.4) is 0 Å². The lowest BCUT2D eigenvalue weighted by molar-refractivity contribution is 0.439. The van der Waals surface area contributed by atoms with Crippen LogP contribution in [0.15, 0.2) is 22.7 Å². The minimum absolute atomic E-state index is 0.0750. The Morgan fingerprint density at radius 1 is 1.38 bits per heavy atom. The van der Waals surface area contributed by atoms with Crippen LogP contribution in [0, 0.1) is 6.92 Å². The van der Waals surface area contributed by atoms with E-state index in [1.807, 2.05) is 6.92 Å². The molecule has 0 bridgehead atoms. The predicted octanol–water partition coefficient (Wildman–Crippen LogP) is 2.83. The Morgan fingerprint density at radius 3 is 2.69 bits per heavy atom. The van der Waals surface area contributed by atoms with Crippen molar-refractivity contribution in [2.45, 2.75) is 6.92 Å². The molecule has 1 N–H and O–H groups in total. The summed E-state index contributed by atoms with van der Waals surface area (Å²) in [7, 11) is -5.00. The molecule has 0 fully saturated rings. The first-order valence-electron chi connectivity index (χ1n) is 4.28. The van der Waals surface area contributed by atoms with Gasteiger partial charge in [0.05, 0.1) is 4.47 Å². The number of halogens is 2. The number of aryl methyl sites for hydroxylation is 1. The second kappa shape index (κ2) is 3.74. The Labute approximate surface area is 100.0 Å². The van der Waals surface area contributed by atoms with E-state index in [0.29, 0.717) is 4.47 Å². The Bertz CT molecular complexity index is 650. The van der Waals surface area contributed by atoms with Gasteiger partial charge in [-0.25, -0.2) is 0 Å². The first-order chi connectivity index (χ1) is 7.35. The summed E-state index contributed by atoms with van der Waals surface area (Å²) < 4.78 is 37.7. The van der Waals surface area contributed by atoms with Crippen molar-refractivity contribution >= 4 is 37.3 Å². The van der Waals surface area contributed by atoms with Gasteiger partial charge in [-0.05, 0) is 41.1 Å². The van der Waals surface area contributed by atoms with Crippen molar-refractivity contribution in [3.63, 3.8) is 0 Å². The van der Waals surface area contributed by atoms with E-state index in [-0.39, 0.29) is 5.75 Å². The summed E-state index contributed by atoms with van der Waals surface area (Å²) in [5.74, 6) is -0.0750. The van der Waals surface area contributed by atoms with Crippen molar-refractivity contribution < 1.29 is 16.5 Å². The van der Waals surface area contributed by atoms with Gasteiger partial charge in [0.2, 0.25) is 0 Å². The number of fused-ring (bicyclic) bond motifs is 1. The van der Waals surface area contributed by atoms with Crippen LogP contribution in [0.2, 0.25) is 0 Å². The van der Waals surface area contributed by atoms with Gasteiger partial charge < -0.3 is 9.17 Å². The summed E-state index contributed by atoms with van der Waals surface area (Å²) in [6.07, 6.45) is 0. The molecular weight excluding hydrogens is 301 g/mol. The van der Waals surface area contributed by atoms with Gasteiger partial charge in [0.15, 0.2) is 5.75 Å². The van der Waals surface area contributed by atoms with Crippen molar-refractivity contribution in [3.8, 4) is 5.75 Å². The van der Waals surface area contributed by atoms with Gasteiger partial charge in [0.1, 0.15) is 0 Å². The molecule has 1 aromatic carbocycles. The largest absolute Gasteiger partial charge is 0.488 e. The molecule has 2 aromatic rings. The molecule has 0 aliphatic rings. The topological polar surface area (TPSA) is 59.2 Å². The summed E-state index contributed by atoms with van der Waals surface area (Å²) in [5, 5.41) is 0.749. The van der Waals surface area contributed by atoms with Crippen LogP contribution in [0.1, 0.15) is 5.69 Å². The summed E-state index contributed by atoms with van der Waals surface area (Å²) in [4.78, 5) is 3.06. The van der Waals surface area contributed by atoms with Crippen LogP contribution in [-0.4, -0.2) is 13.4 Å². The highest BCUT2D eigenvalue weighted by Gasteiger charge is 2.14. The third-order valence-corrected chi connectivity index (χ3v) is 3.00. The zero-order valence-corrected chi connectivity index (χ0v) is 10.5. The summed E-state index contributed by atoms with van der Waals surface area (Å²) in [6, 6.07) is 4.88. The number of aromatic nitrogens is 1. The lowest BCUT2D eigenvalue weighted by Gasteiger charge is -2.02. The molecule has 0 aliphatic carbocycles. The van der Waals surface area contributed by atoms with Gasteiger partial charge >= 0.3 is 10.5 Å². The van der Waals surface area contributed by atoms with Gasteiger partial charge in [-0.1, -0.05) is 3.89 Å². The molecule has 2 rings (SSSR count). The van der Waals surface area contributed by atoms with E-state index in [9.17, 15) is 12.3 Å². The first kappa shape index (κ1) is 11.4. The summed E-state index contributed by atoms with van der Waals surface area (Å²) >= 11 is 3.10. The van der Waals surface area contributed by atoms with Gasteiger partial charge in [0.25, 0.3) is 0 Å². The van der Waals surface area contributed by atoms with Crippen LogP contribution in [0.5, 0.6) is 5.75 Å². The van der Waals surface area contributed by atoms with Crippen molar-refractivity contribution in [1.82, 2.24) is 4.98 Å². The van der Waals surface area contributed by atoms with Crippen LogP contribution < -0.4 is 4.18 Å². The standard InChI is InChI=1S/C9H7BrFNO3S/c1-5-2-6-3-9(15-16(11,13)14)7(10)4-8(6)12-5/h2-4,12H,1H3. The number of rotatable bonds is 2. The Kier molecular flexibility index (Phi) is 2.67. The molecule has 7 heteroatoms. The molecule has 0 unspecified atom stereocenters. The maximum absolute atomic E-state index is 12.4. The van der Waals surface area contributed by atoms with Crippen molar-refractivity contribution in [2.24, 2.45) is 0 Å². The third kappa shape index (κ3) is 2.35. The SMILES string of the molecule is Cc1cc2cc(OS(=O)(=O)F)c(Br)cc2[nH]1. The van der Waals surface area contributed by atoms with E-state index in [1.54, 1.807) is 12.1 Å². The van der Waals surface area contributed by atoms with Gasteiger partial charge in [-0.2, -0.15) is 8.42 Å². The lowest BCUT2D eigenvalue weighted by atomic mass is 10.2. The number of hydrogen-bond donors (Lipinski definition) is 1. The molecular formula is C9H7BrFNO3S. The maximum Gasteiger partial charge on any atom is 0.488 e. The highest BCUT2D eigenvalue weighted by Crippen LogP contribution is 2.31. The van der Waals surface area contributed by atoms with E-state index in [2.05, 4.69) is 25.1 Å². The molecule has 0 radical (unpaired) electrons. The average Bonchev–Trinajstić information content (AvgIpc) is 2.42. The lowest BCUT2D eigenvalue weighted by Crippen LogP contribution is -2.01. The number of nitrogens with one attached hydrogen (secondary N) is 1. The second-order valence-corrected chi connectivity index (χ2v) is 5.11. The minimum atomic E-state index is -5.00. The van der Waals surface area contributed by atoms with Crippen molar-refractivity contribution in [2.75, 3.05) is 0 Å². The van der Waals surface area contributed by atoms with Gasteiger partial charge in [-0.3, -0.25) is 0 Å². The zero-order chi connectivity index (χ0) is 11.9.